The Balaban J connectivity index is 0.000000490. The smallest absolute Gasteiger partial charge is 0.152 e. The molecule has 8 heavy (non-hydrogen) atoms. The minimum Gasteiger partial charge on any atom is -0.412 e. The molecule has 0 amide bonds. The molecular weight excluding hydrogens is 106 g/mol. The third kappa shape index (κ3) is 1.15. The molecule has 0 spiro atoms. The molecular formula is C5H5NO2. The van der Waals surface area contributed by atoms with Crippen LogP contribution in [0.25, 0.3) is 0 Å². The summed E-state index contributed by atoms with van der Waals surface area (Å²) in [5, 5.41) is 0. The van der Waals surface area contributed by atoms with Crippen molar-refractivity contribution in [1.82, 2.24) is 0 Å². The zero-order valence-electron chi connectivity index (χ0n) is 4.09. The molecule has 1 aliphatic heterocycles. The second kappa shape index (κ2) is 2.91. The van der Waals surface area contributed by atoms with Gasteiger partial charge in [-0.15, -0.1) is 0 Å². The van der Waals surface area contributed by atoms with Crippen molar-refractivity contribution >= 4 is 12.2 Å². The van der Waals surface area contributed by atoms with Gasteiger partial charge in [0.25, 0.3) is 0 Å². The maximum Gasteiger partial charge on any atom is 0.152 e. The third-order valence-electron chi connectivity index (χ3n) is 0.658. The van der Waals surface area contributed by atoms with Gasteiger partial charge in [-0.1, -0.05) is 0 Å². The van der Waals surface area contributed by atoms with Crippen LogP contribution in [0, 0.1) is 0 Å². The number of aliphatic imine (C=N–C) groups is 1. The maximum atomic E-state index is 9.68. The first-order chi connectivity index (χ1) is 3.43. The third-order valence-corrected chi connectivity index (χ3v) is 0.658. The molecule has 3 nitrogen and oxygen atoms in total. The monoisotopic (exact) mass is 111 g/mol. The van der Waals surface area contributed by atoms with Gasteiger partial charge in [-0.3, -0.25) is 0 Å². The molecule has 0 aromatic heterocycles. The SMILES string of the molecule is O.O=C=C1C=CC=N1. The molecule has 1 aliphatic rings. The minimum absolute atomic E-state index is 0. The topological polar surface area (TPSA) is 60.9 Å². The largest absolute Gasteiger partial charge is 0.412 e. The summed E-state index contributed by atoms with van der Waals surface area (Å²) in [6.45, 7) is 0. The quantitative estimate of drug-likeness (QED) is 0.389. The number of allylic oxidation sites excluding steroid dienone is 2. The molecule has 1 rings (SSSR count). The van der Waals surface area contributed by atoms with E-state index in [2.05, 4.69) is 4.99 Å². The molecule has 0 fully saturated rings. The molecule has 0 aliphatic carbocycles. The second-order valence-corrected chi connectivity index (χ2v) is 1.12. The van der Waals surface area contributed by atoms with E-state index in [-0.39, 0.29) is 5.48 Å². The highest BCUT2D eigenvalue weighted by Gasteiger charge is 1.88. The van der Waals surface area contributed by atoms with E-state index in [1.165, 1.54) is 0 Å². The Morgan fingerprint density at radius 1 is 1.62 bits per heavy atom. The van der Waals surface area contributed by atoms with Crippen molar-refractivity contribution in [3.63, 3.8) is 0 Å². The van der Waals surface area contributed by atoms with E-state index in [1.807, 2.05) is 0 Å². The Hall–Kier alpha value is -1.18. The van der Waals surface area contributed by atoms with Gasteiger partial charge in [-0.05, 0) is 12.2 Å². The predicted molar refractivity (Wildman–Crippen MR) is 30.5 cm³/mol. The zero-order chi connectivity index (χ0) is 5.11. The average Bonchev–Trinajstić information content (AvgIpc) is 2.14. The molecule has 0 unspecified atom stereocenters. The van der Waals surface area contributed by atoms with Crippen LogP contribution in [-0.4, -0.2) is 17.6 Å². The van der Waals surface area contributed by atoms with E-state index < -0.39 is 0 Å². The number of hydrogen-bond donors (Lipinski definition) is 0. The molecule has 0 aromatic carbocycles. The lowest BCUT2D eigenvalue weighted by molar-refractivity contribution is 0.567. The lowest BCUT2D eigenvalue weighted by Gasteiger charge is -1.68. The Labute approximate surface area is 46.4 Å². The van der Waals surface area contributed by atoms with Gasteiger partial charge in [0, 0.05) is 6.21 Å². The van der Waals surface area contributed by atoms with Crippen molar-refractivity contribution in [1.29, 1.82) is 0 Å². The molecule has 0 saturated heterocycles. The molecule has 0 radical (unpaired) electrons. The van der Waals surface area contributed by atoms with Gasteiger partial charge in [-0.25, -0.2) is 9.79 Å². The summed E-state index contributed by atoms with van der Waals surface area (Å²) in [6.07, 6.45) is 4.85. The fraction of sp³-hybridized carbons (Fsp3) is 0. The van der Waals surface area contributed by atoms with E-state index in [1.54, 1.807) is 24.3 Å². The van der Waals surface area contributed by atoms with E-state index in [9.17, 15) is 4.79 Å². The van der Waals surface area contributed by atoms with Crippen molar-refractivity contribution in [3.05, 3.63) is 17.8 Å². The molecule has 2 N–H and O–H groups in total. The van der Waals surface area contributed by atoms with Crippen LogP contribution >= 0.6 is 0 Å². The van der Waals surface area contributed by atoms with Crippen molar-refractivity contribution < 1.29 is 10.3 Å². The van der Waals surface area contributed by atoms with Gasteiger partial charge >= 0.3 is 0 Å². The molecule has 1 heterocycles. The van der Waals surface area contributed by atoms with Crippen LogP contribution in [0.5, 0.6) is 0 Å². The summed E-state index contributed by atoms with van der Waals surface area (Å²) < 4.78 is 0. The lowest BCUT2D eigenvalue weighted by atomic mass is 10.5. The predicted octanol–water partition coefficient (Wildman–Crippen LogP) is -0.482. The van der Waals surface area contributed by atoms with Gasteiger partial charge in [0.2, 0.25) is 0 Å². The summed E-state index contributed by atoms with van der Waals surface area (Å²) in [5.41, 5.74) is 0.375. The molecule has 0 atom stereocenters. The maximum absolute atomic E-state index is 9.68. The first kappa shape index (κ1) is 6.82. The normalized spacial score (nSPS) is 13.2. The van der Waals surface area contributed by atoms with Crippen LogP contribution in [0.1, 0.15) is 0 Å². The van der Waals surface area contributed by atoms with Crippen molar-refractivity contribution in [2.45, 2.75) is 0 Å². The molecule has 0 bridgehead atoms. The van der Waals surface area contributed by atoms with Crippen LogP contribution in [0.4, 0.5) is 0 Å². The first-order valence-electron chi connectivity index (χ1n) is 1.89. The number of carbonyl (C=O) groups excluding carboxylic acids is 1. The second-order valence-electron chi connectivity index (χ2n) is 1.12. The molecule has 42 valence electrons. The van der Waals surface area contributed by atoms with E-state index in [0.717, 1.165) is 0 Å². The minimum atomic E-state index is 0. The number of hydrogen-bond acceptors (Lipinski definition) is 2. The lowest BCUT2D eigenvalue weighted by Crippen LogP contribution is -1.61. The zero-order valence-corrected chi connectivity index (χ0v) is 4.09. The first-order valence-corrected chi connectivity index (χ1v) is 1.89. The Bertz CT molecular complexity index is 161. The molecule has 0 aromatic rings. The van der Waals surface area contributed by atoms with Crippen LogP contribution in [0.2, 0.25) is 0 Å². The van der Waals surface area contributed by atoms with Crippen molar-refractivity contribution in [2.24, 2.45) is 4.99 Å². The standard InChI is InChI=1S/C5H3NO.H2O/c7-4-5-2-1-3-6-5;/h1-3H;1H2. The Kier molecular flexibility index (Phi) is 2.48. The summed E-state index contributed by atoms with van der Waals surface area (Å²) in [6, 6.07) is 0. The average molecular weight is 111 g/mol. The number of rotatable bonds is 0. The van der Waals surface area contributed by atoms with Gasteiger partial charge in [-0.2, -0.15) is 0 Å². The highest BCUT2D eigenvalue weighted by atomic mass is 16.1. The van der Waals surface area contributed by atoms with Crippen molar-refractivity contribution in [3.8, 4) is 0 Å². The highest BCUT2D eigenvalue weighted by molar-refractivity contribution is 5.80. The summed E-state index contributed by atoms with van der Waals surface area (Å²) in [4.78, 5) is 13.3. The molecule has 3 heteroatoms. The highest BCUT2D eigenvalue weighted by Crippen LogP contribution is 1.96. The van der Waals surface area contributed by atoms with Gasteiger partial charge in [0.05, 0.1) is 0 Å². The molecule has 0 saturated carbocycles. The summed E-state index contributed by atoms with van der Waals surface area (Å²) in [5.74, 6) is 1.65. The number of nitrogens with zero attached hydrogens (tertiary/aromatic N) is 1. The Morgan fingerprint density at radius 2 is 2.38 bits per heavy atom. The summed E-state index contributed by atoms with van der Waals surface area (Å²) >= 11 is 0. The van der Waals surface area contributed by atoms with Crippen molar-refractivity contribution in [2.75, 3.05) is 0 Å². The van der Waals surface area contributed by atoms with Crippen LogP contribution in [-0.2, 0) is 4.79 Å². The van der Waals surface area contributed by atoms with E-state index in [4.69, 9.17) is 0 Å². The Morgan fingerprint density at radius 3 is 2.62 bits per heavy atom. The van der Waals surface area contributed by atoms with Crippen LogP contribution < -0.4 is 0 Å². The van der Waals surface area contributed by atoms with E-state index in [0.29, 0.717) is 5.70 Å². The van der Waals surface area contributed by atoms with Gasteiger partial charge in [0.15, 0.2) is 5.94 Å². The summed E-state index contributed by atoms with van der Waals surface area (Å²) in [7, 11) is 0. The fourth-order valence-electron chi connectivity index (χ4n) is 0.361. The van der Waals surface area contributed by atoms with Crippen LogP contribution in [0.15, 0.2) is 22.8 Å². The van der Waals surface area contributed by atoms with Gasteiger partial charge < -0.3 is 5.48 Å². The van der Waals surface area contributed by atoms with E-state index >= 15 is 0 Å². The van der Waals surface area contributed by atoms with Gasteiger partial charge in [0.1, 0.15) is 5.70 Å². The fourth-order valence-corrected chi connectivity index (χ4v) is 0.361. The van der Waals surface area contributed by atoms with Crippen LogP contribution in [0.3, 0.4) is 0 Å².